The molecule has 0 aromatic carbocycles. The number of allylic oxidation sites excluding steroid dienone is 16. The molecule has 8 heteroatoms. The molecular weight excluding hydrogens is 787 g/mol. The minimum absolute atomic E-state index is 0.0463. The number of carboxylic acid groups (broad SMARTS) is 1. The predicted molar refractivity (Wildman–Crippen MR) is 266 cm³/mol. The van der Waals surface area contributed by atoms with Gasteiger partial charge in [-0.3, -0.25) is 9.59 Å². The number of unbranched alkanes of at least 4 members (excludes halogenated alkanes) is 13. The molecule has 0 bridgehead atoms. The lowest BCUT2D eigenvalue weighted by Crippen LogP contribution is -2.50. The van der Waals surface area contributed by atoms with Gasteiger partial charge in [-0.2, -0.15) is 0 Å². The van der Waals surface area contributed by atoms with E-state index in [1.165, 1.54) is 32.1 Å². The summed E-state index contributed by atoms with van der Waals surface area (Å²) in [6, 6.07) is -0.625. The SMILES string of the molecule is CC/C=C/C/C=C/C/C=C/C/C=C/C/C=C/CCCCCCCCCC(=O)OC(COCCC(C(=O)O)[N+](C)(C)C)COC(=O)CCCCCCCC/C=C/C/C=C/C/C=C/CC. The number of aliphatic carboxylic acids is 1. The van der Waals surface area contributed by atoms with Crippen molar-refractivity contribution >= 4 is 17.9 Å². The highest BCUT2D eigenvalue weighted by molar-refractivity contribution is 5.72. The van der Waals surface area contributed by atoms with E-state index >= 15 is 0 Å². The Hall–Kier alpha value is -3.75. The van der Waals surface area contributed by atoms with Gasteiger partial charge in [0, 0.05) is 19.3 Å². The van der Waals surface area contributed by atoms with Crippen LogP contribution in [0.2, 0.25) is 0 Å². The molecule has 0 aliphatic rings. The van der Waals surface area contributed by atoms with Crippen LogP contribution in [0.15, 0.2) is 97.2 Å². The van der Waals surface area contributed by atoms with Gasteiger partial charge < -0.3 is 23.8 Å². The molecule has 1 N–H and O–H groups in total. The van der Waals surface area contributed by atoms with Crippen molar-refractivity contribution in [3.05, 3.63) is 97.2 Å². The Morgan fingerprint density at radius 3 is 1.24 bits per heavy atom. The summed E-state index contributed by atoms with van der Waals surface area (Å²) < 4.78 is 17.3. The summed E-state index contributed by atoms with van der Waals surface area (Å²) in [5.74, 6) is -1.51. The van der Waals surface area contributed by atoms with Crippen molar-refractivity contribution in [1.82, 2.24) is 0 Å². The van der Waals surface area contributed by atoms with Gasteiger partial charge in [-0.1, -0.05) is 169 Å². The molecule has 0 aliphatic heterocycles. The van der Waals surface area contributed by atoms with Gasteiger partial charge >= 0.3 is 17.9 Å². The Morgan fingerprint density at radius 1 is 0.476 bits per heavy atom. The van der Waals surface area contributed by atoms with E-state index in [4.69, 9.17) is 14.2 Å². The van der Waals surface area contributed by atoms with Crippen molar-refractivity contribution in [2.75, 3.05) is 41.0 Å². The first-order chi connectivity index (χ1) is 30.6. The number of hydrogen-bond donors (Lipinski definition) is 1. The Balaban J connectivity index is 4.32. The quantitative estimate of drug-likeness (QED) is 0.0282. The third-order valence-corrected chi connectivity index (χ3v) is 10.5. The van der Waals surface area contributed by atoms with Crippen molar-refractivity contribution in [3.8, 4) is 0 Å². The molecular formula is C55H92NO7+. The van der Waals surface area contributed by atoms with Gasteiger partial charge in [-0.05, 0) is 89.9 Å². The van der Waals surface area contributed by atoms with Crippen LogP contribution in [0.5, 0.6) is 0 Å². The summed E-state index contributed by atoms with van der Waals surface area (Å²) in [6.45, 7) is 4.48. The second-order valence-electron chi connectivity index (χ2n) is 17.3. The zero-order valence-corrected chi connectivity index (χ0v) is 40.7. The number of carboxylic acids is 1. The average molecular weight is 879 g/mol. The minimum Gasteiger partial charge on any atom is -0.477 e. The minimum atomic E-state index is -0.883. The number of likely N-dealkylation sites (N-methyl/N-ethyl adjacent to an activating group) is 1. The van der Waals surface area contributed by atoms with E-state index < -0.39 is 18.1 Å². The van der Waals surface area contributed by atoms with Gasteiger partial charge in [0.25, 0.3) is 0 Å². The van der Waals surface area contributed by atoms with E-state index in [-0.39, 0.29) is 36.2 Å². The molecule has 0 spiro atoms. The summed E-state index contributed by atoms with van der Waals surface area (Å²) in [5.41, 5.74) is 0. The molecule has 2 unspecified atom stereocenters. The fourth-order valence-electron chi connectivity index (χ4n) is 6.72. The number of carbonyl (C=O) groups excluding carboxylic acids is 2. The molecule has 0 rings (SSSR count). The number of carbonyl (C=O) groups is 3. The fourth-order valence-corrected chi connectivity index (χ4v) is 6.72. The third kappa shape index (κ3) is 43.3. The number of nitrogens with zero attached hydrogens (tertiary/aromatic N) is 1. The maximum absolute atomic E-state index is 12.8. The molecule has 2 atom stereocenters. The van der Waals surface area contributed by atoms with Crippen LogP contribution in [-0.4, -0.2) is 80.6 Å². The average Bonchev–Trinajstić information content (AvgIpc) is 3.24. The molecule has 0 aliphatic carbocycles. The maximum atomic E-state index is 12.8. The summed E-state index contributed by atoms with van der Waals surface area (Å²) in [5, 5.41) is 9.65. The lowest BCUT2D eigenvalue weighted by Gasteiger charge is -2.31. The molecule has 63 heavy (non-hydrogen) atoms. The van der Waals surface area contributed by atoms with Gasteiger partial charge in [-0.25, -0.2) is 4.79 Å². The van der Waals surface area contributed by atoms with Gasteiger partial charge in [0.2, 0.25) is 0 Å². The van der Waals surface area contributed by atoms with Gasteiger partial charge in [0.15, 0.2) is 12.1 Å². The van der Waals surface area contributed by atoms with Crippen LogP contribution in [0.1, 0.15) is 181 Å². The molecule has 358 valence electrons. The Labute approximate surface area is 386 Å². The molecule has 0 aromatic rings. The number of rotatable bonds is 43. The standard InChI is InChI=1S/C55H91NO7/c1-6-8-10-12-14-16-18-20-22-24-25-26-27-28-29-30-32-34-36-38-40-42-44-46-54(58)63-51(49-61-48-47-52(55(59)60)56(3,4)5)50-62-53(57)45-43-41-39-37-35-33-31-23-21-19-17-15-13-11-9-7-2/h8-11,14-17,20-23,25-26,28-29,51-52H,6-7,12-13,18-19,24,27,30-50H2,1-5H3/p+1/b10-8+,11-9+,16-14+,17-15+,22-20+,23-21+,26-25+,29-28+. The van der Waals surface area contributed by atoms with Crippen LogP contribution in [0.3, 0.4) is 0 Å². The van der Waals surface area contributed by atoms with Crippen LogP contribution in [0.4, 0.5) is 0 Å². The van der Waals surface area contributed by atoms with Crippen LogP contribution >= 0.6 is 0 Å². The highest BCUT2D eigenvalue weighted by atomic mass is 16.6. The first-order valence-corrected chi connectivity index (χ1v) is 24.8. The number of esters is 2. The highest BCUT2D eigenvalue weighted by Crippen LogP contribution is 2.14. The van der Waals surface area contributed by atoms with Crippen molar-refractivity contribution in [1.29, 1.82) is 0 Å². The second-order valence-corrected chi connectivity index (χ2v) is 17.3. The third-order valence-electron chi connectivity index (χ3n) is 10.5. The van der Waals surface area contributed by atoms with Gasteiger partial charge in [0.05, 0.1) is 34.4 Å². The summed E-state index contributed by atoms with van der Waals surface area (Å²) in [4.78, 5) is 37.1. The van der Waals surface area contributed by atoms with E-state index in [1.807, 2.05) is 21.1 Å². The monoisotopic (exact) mass is 879 g/mol. The number of ether oxygens (including phenoxy) is 3. The second kappa shape index (κ2) is 44.8. The first kappa shape index (κ1) is 59.2. The van der Waals surface area contributed by atoms with Crippen molar-refractivity contribution < 1.29 is 38.2 Å². The van der Waals surface area contributed by atoms with E-state index in [2.05, 4.69) is 111 Å². The highest BCUT2D eigenvalue weighted by Gasteiger charge is 2.31. The van der Waals surface area contributed by atoms with Crippen LogP contribution < -0.4 is 0 Å². The molecule has 0 amide bonds. The first-order valence-electron chi connectivity index (χ1n) is 24.8. The largest absolute Gasteiger partial charge is 0.477 e. The molecule has 0 fully saturated rings. The zero-order chi connectivity index (χ0) is 46.3. The van der Waals surface area contributed by atoms with E-state index in [1.54, 1.807) is 0 Å². The van der Waals surface area contributed by atoms with Crippen LogP contribution in [-0.2, 0) is 28.6 Å². The summed E-state index contributed by atoms with van der Waals surface area (Å²) in [6.07, 6.45) is 60.2. The van der Waals surface area contributed by atoms with Crippen molar-refractivity contribution in [3.63, 3.8) is 0 Å². The normalized spacial score (nSPS) is 13.7. The molecule has 0 heterocycles. The Kier molecular flexibility index (Phi) is 42.2. The molecule has 8 nitrogen and oxygen atoms in total. The van der Waals surface area contributed by atoms with E-state index in [0.29, 0.717) is 19.3 Å². The zero-order valence-electron chi connectivity index (χ0n) is 40.7. The lowest BCUT2D eigenvalue weighted by atomic mass is 10.1. The van der Waals surface area contributed by atoms with E-state index in [9.17, 15) is 19.5 Å². The van der Waals surface area contributed by atoms with Crippen LogP contribution in [0.25, 0.3) is 0 Å². The smallest absolute Gasteiger partial charge is 0.362 e. The number of hydrogen-bond acceptors (Lipinski definition) is 6. The van der Waals surface area contributed by atoms with Crippen molar-refractivity contribution in [2.24, 2.45) is 0 Å². The van der Waals surface area contributed by atoms with E-state index in [0.717, 1.165) is 116 Å². The predicted octanol–water partition coefficient (Wildman–Crippen LogP) is 14.2. The molecule has 0 saturated carbocycles. The van der Waals surface area contributed by atoms with Crippen LogP contribution in [0, 0.1) is 0 Å². The Bertz CT molecular complexity index is 1350. The number of quaternary nitrogens is 1. The fraction of sp³-hybridized carbons (Fsp3) is 0.655. The molecule has 0 radical (unpaired) electrons. The maximum Gasteiger partial charge on any atom is 0.362 e. The van der Waals surface area contributed by atoms with Gasteiger partial charge in [0.1, 0.15) is 6.61 Å². The lowest BCUT2D eigenvalue weighted by molar-refractivity contribution is -0.887. The van der Waals surface area contributed by atoms with Crippen molar-refractivity contribution in [2.45, 2.75) is 193 Å². The molecule has 0 aromatic heterocycles. The summed E-state index contributed by atoms with van der Waals surface area (Å²) >= 11 is 0. The topological polar surface area (TPSA) is 99.1 Å². The summed E-state index contributed by atoms with van der Waals surface area (Å²) in [7, 11) is 5.52. The molecule has 0 saturated heterocycles. The Morgan fingerprint density at radius 2 is 0.841 bits per heavy atom. The van der Waals surface area contributed by atoms with Gasteiger partial charge in [-0.15, -0.1) is 0 Å².